The molecule has 5 nitrogen and oxygen atoms in total. The Morgan fingerprint density at radius 2 is 2.28 bits per heavy atom. The summed E-state index contributed by atoms with van der Waals surface area (Å²) in [6, 6.07) is 5.30. The van der Waals surface area contributed by atoms with E-state index in [0.717, 1.165) is 11.1 Å². The fourth-order valence-electron chi connectivity index (χ4n) is 1.61. The Kier molecular flexibility index (Phi) is 4.22. The highest BCUT2D eigenvalue weighted by Gasteiger charge is 2.09. The highest BCUT2D eigenvalue weighted by molar-refractivity contribution is 7.90. The summed E-state index contributed by atoms with van der Waals surface area (Å²) < 4.78 is 13.6. The largest absolute Gasteiger partial charge is 0.616 e. The molecule has 2 aromatic rings. The van der Waals surface area contributed by atoms with Crippen LogP contribution in [-0.2, 0) is 23.5 Å². The third-order valence-corrected chi connectivity index (χ3v) is 3.90. The average Bonchev–Trinajstić information content (AvgIpc) is 2.84. The van der Waals surface area contributed by atoms with Crippen molar-refractivity contribution < 1.29 is 9.66 Å². The molecule has 96 valence electrons. The number of aryl methyl sites for hydroxylation is 2. The Hall–Kier alpha value is -1.53. The number of phenolic OH excluding ortho intramolecular Hbond substituents is 1. The van der Waals surface area contributed by atoms with E-state index in [1.54, 1.807) is 29.2 Å². The molecule has 2 rings (SSSR count). The van der Waals surface area contributed by atoms with Gasteiger partial charge in [-0.15, -0.1) is 5.10 Å². The zero-order valence-corrected chi connectivity index (χ0v) is 10.9. The summed E-state index contributed by atoms with van der Waals surface area (Å²) in [5.41, 5.74) is 1.78. The molecule has 1 aromatic carbocycles. The van der Waals surface area contributed by atoms with Crippen molar-refractivity contribution in [1.82, 2.24) is 15.0 Å². The summed E-state index contributed by atoms with van der Waals surface area (Å²) in [7, 11) is 0. The first-order valence-corrected chi connectivity index (χ1v) is 7.11. The van der Waals surface area contributed by atoms with Gasteiger partial charge in [-0.1, -0.05) is 11.3 Å². The van der Waals surface area contributed by atoms with Gasteiger partial charge in [-0.3, -0.25) is 0 Å². The van der Waals surface area contributed by atoms with Crippen LogP contribution in [0.3, 0.4) is 0 Å². The summed E-state index contributed by atoms with van der Waals surface area (Å²) in [6.07, 6.45) is 3.36. The summed E-state index contributed by atoms with van der Waals surface area (Å²) in [6.45, 7) is 2.43. The number of phenols is 1. The Labute approximate surface area is 109 Å². The Balaban J connectivity index is 1.86. The predicted octanol–water partition coefficient (Wildman–Crippen LogP) is 1.24. The molecular weight excluding hydrogens is 250 g/mol. The summed E-state index contributed by atoms with van der Waals surface area (Å²) in [5.74, 6) is 1.31. The maximum absolute atomic E-state index is 11.9. The molecule has 0 saturated heterocycles. The van der Waals surface area contributed by atoms with Crippen molar-refractivity contribution in [3.8, 4) is 5.75 Å². The second kappa shape index (κ2) is 5.88. The van der Waals surface area contributed by atoms with Crippen LogP contribution in [0.1, 0.15) is 11.1 Å². The van der Waals surface area contributed by atoms with Crippen LogP contribution < -0.4 is 0 Å². The van der Waals surface area contributed by atoms with Gasteiger partial charge in [0.2, 0.25) is 0 Å². The van der Waals surface area contributed by atoms with E-state index in [0.29, 0.717) is 18.1 Å². The maximum Gasteiger partial charge on any atom is 0.130 e. The number of benzene rings is 1. The molecule has 0 amide bonds. The lowest BCUT2D eigenvalue weighted by Crippen LogP contribution is -2.15. The quantitative estimate of drug-likeness (QED) is 0.825. The van der Waals surface area contributed by atoms with Crippen LogP contribution in [0.4, 0.5) is 0 Å². The fourth-order valence-corrected chi connectivity index (χ4v) is 2.70. The molecule has 0 fully saturated rings. The molecule has 0 radical (unpaired) electrons. The molecule has 18 heavy (non-hydrogen) atoms. The minimum atomic E-state index is -0.941. The first kappa shape index (κ1) is 12.9. The van der Waals surface area contributed by atoms with Gasteiger partial charge in [0, 0.05) is 11.8 Å². The van der Waals surface area contributed by atoms with Crippen LogP contribution in [0.2, 0.25) is 0 Å². The minimum absolute atomic E-state index is 0.271. The highest BCUT2D eigenvalue weighted by atomic mass is 32.2. The minimum Gasteiger partial charge on any atom is -0.616 e. The van der Waals surface area contributed by atoms with E-state index in [-0.39, 0.29) is 5.75 Å². The van der Waals surface area contributed by atoms with Crippen molar-refractivity contribution in [3.63, 3.8) is 0 Å². The van der Waals surface area contributed by atoms with Crippen molar-refractivity contribution in [2.24, 2.45) is 0 Å². The van der Waals surface area contributed by atoms with Gasteiger partial charge in [0.05, 0.1) is 12.7 Å². The van der Waals surface area contributed by atoms with Crippen molar-refractivity contribution in [2.75, 3.05) is 5.75 Å². The average molecular weight is 265 g/mol. The van der Waals surface area contributed by atoms with Crippen LogP contribution in [0.25, 0.3) is 0 Å². The molecule has 1 N–H and O–H groups in total. The Morgan fingerprint density at radius 1 is 1.44 bits per heavy atom. The topological polar surface area (TPSA) is 74.0 Å². The molecule has 0 aliphatic carbocycles. The number of rotatable bonds is 5. The van der Waals surface area contributed by atoms with Crippen LogP contribution >= 0.6 is 0 Å². The lowest BCUT2D eigenvalue weighted by molar-refractivity contribution is 0.471. The van der Waals surface area contributed by atoms with Crippen LogP contribution in [0.15, 0.2) is 30.6 Å². The summed E-state index contributed by atoms with van der Waals surface area (Å²) in [5, 5.41) is 16.9. The third-order valence-electron chi connectivity index (χ3n) is 2.61. The maximum atomic E-state index is 11.9. The van der Waals surface area contributed by atoms with Gasteiger partial charge in [-0.2, -0.15) is 0 Å². The molecular formula is C12H15N3O2S. The number of nitrogens with zero attached hydrogens (tertiary/aromatic N) is 3. The van der Waals surface area contributed by atoms with E-state index in [9.17, 15) is 9.66 Å². The third kappa shape index (κ3) is 3.48. The number of hydrogen-bond acceptors (Lipinski definition) is 4. The van der Waals surface area contributed by atoms with E-state index in [1.807, 2.05) is 13.0 Å². The van der Waals surface area contributed by atoms with Gasteiger partial charge in [-0.05, 0) is 35.8 Å². The smallest absolute Gasteiger partial charge is 0.130 e. The monoisotopic (exact) mass is 265 g/mol. The molecule has 0 aliphatic heterocycles. The lowest BCUT2D eigenvalue weighted by Gasteiger charge is -2.11. The summed E-state index contributed by atoms with van der Waals surface area (Å²) >= 11 is -0.941. The zero-order chi connectivity index (χ0) is 13.0. The van der Waals surface area contributed by atoms with Crippen molar-refractivity contribution in [3.05, 3.63) is 41.7 Å². The van der Waals surface area contributed by atoms with Gasteiger partial charge in [-0.25, -0.2) is 4.68 Å². The fraction of sp³-hybridized carbons (Fsp3) is 0.333. The molecule has 0 aliphatic rings. The second-order valence-electron chi connectivity index (χ2n) is 4.08. The van der Waals surface area contributed by atoms with Gasteiger partial charge in [0.1, 0.15) is 17.3 Å². The first-order chi connectivity index (χ1) is 8.65. The predicted molar refractivity (Wildman–Crippen MR) is 69.6 cm³/mol. The van der Waals surface area contributed by atoms with Crippen molar-refractivity contribution in [1.29, 1.82) is 0 Å². The van der Waals surface area contributed by atoms with Gasteiger partial charge in [0.25, 0.3) is 0 Å². The molecule has 6 heteroatoms. The van der Waals surface area contributed by atoms with Gasteiger partial charge in [0.15, 0.2) is 0 Å². The van der Waals surface area contributed by atoms with Gasteiger partial charge < -0.3 is 9.66 Å². The van der Waals surface area contributed by atoms with Crippen molar-refractivity contribution in [2.45, 2.75) is 19.2 Å². The molecule has 0 spiro atoms. The molecule has 1 heterocycles. The van der Waals surface area contributed by atoms with Gasteiger partial charge >= 0.3 is 0 Å². The Morgan fingerprint density at radius 3 is 2.94 bits per heavy atom. The molecule has 1 aromatic heterocycles. The zero-order valence-electron chi connectivity index (χ0n) is 10.1. The van der Waals surface area contributed by atoms with E-state index in [2.05, 4.69) is 10.3 Å². The highest BCUT2D eigenvalue weighted by Crippen LogP contribution is 2.18. The van der Waals surface area contributed by atoms with Crippen LogP contribution in [0, 0.1) is 6.92 Å². The van der Waals surface area contributed by atoms with E-state index < -0.39 is 11.2 Å². The van der Waals surface area contributed by atoms with E-state index in [1.165, 1.54) is 0 Å². The normalized spacial score (nSPS) is 12.6. The first-order valence-electron chi connectivity index (χ1n) is 5.63. The number of aromatic nitrogens is 3. The van der Waals surface area contributed by atoms with Crippen LogP contribution in [-0.4, -0.2) is 30.4 Å². The standard InChI is InChI=1S/C12H15N3O2S/c1-10-8-11(2-3-12(10)16)9-18(17)7-6-15-5-4-13-14-15/h2-5,8,16H,6-7,9H2,1H3. The lowest BCUT2D eigenvalue weighted by atomic mass is 10.1. The SMILES string of the molecule is Cc1cc(C[S+]([O-])CCn2ccnn2)ccc1O. The summed E-state index contributed by atoms with van der Waals surface area (Å²) in [4.78, 5) is 0. The molecule has 0 saturated carbocycles. The van der Waals surface area contributed by atoms with Crippen molar-refractivity contribution >= 4 is 11.2 Å². The van der Waals surface area contributed by atoms with E-state index in [4.69, 9.17) is 0 Å². The van der Waals surface area contributed by atoms with E-state index >= 15 is 0 Å². The molecule has 1 atom stereocenters. The van der Waals surface area contributed by atoms with Crippen LogP contribution in [0.5, 0.6) is 5.75 Å². The Bertz CT molecular complexity index is 502. The number of hydrogen-bond donors (Lipinski definition) is 1. The molecule has 0 bridgehead atoms. The number of aromatic hydroxyl groups is 1. The molecule has 1 unspecified atom stereocenters. The second-order valence-corrected chi connectivity index (χ2v) is 5.65.